The summed E-state index contributed by atoms with van der Waals surface area (Å²) >= 11 is 1.00. The summed E-state index contributed by atoms with van der Waals surface area (Å²) < 4.78 is 40.3. The quantitative estimate of drug-likeness (QED) is 0.735. The smallest absolute Gasteiger partial charge is 0.307 e. The number of benzene rings is 2. The van der Waals surface area contributed by atoms with Gasteiger partial charge >= 0.3 is 4.87 Å². The van der Waals surface area contributed by atoms with E-state index in [1.165, 1.54) is 30.9 Å². The first-order valence-electron chi connectivity index (χ1n) is 7.20. The number of nitrogens with one attached hydrogen (secondary N) is 1. The van der Waals surface area contributed by atoms with Gasteiger partial charge in [0.2, 0.25) is 0 Å². The third-order valence-electron chi connectivity index (χ3n) is 3.73. The molecule has 9 heteroatoms. The molecule has 7 nitrogen and oxygen atoms in total. The summed E-state index contributed by atoms with van der Waals surface area (Å²) in [6.07, 6.45) is 0. The van der Waals surface area contributed by atoms with Gasteiger partial charge in [-0.1, -0.05) is 11.3 Å². The van der Waals surface area contributed by atoms with Crippen molar-refractivity contribution in [1.82, 2.24) is 4.57 Å². The Labute approximate surface area is 148 Å². The Morgan fingerprint density at radius 3 is 2.52 bits per heavy atom. The molecule has 3 aromatic rings. The van der Waals surface area contributed by atoms with Crippen LogP contribution >= 0.6 is 11.3 Å². The molecule has 0 amide bonds. The van der Waals surface area contributed by atoms with Crippen LogP contribution in [0.3, 0.4) is 0 Å². The van der Waals surface area contributed by atoms with Crippen LogP contribution in [0.5, 0.6) is 11.5 Å². The number of fused-ring (bicyclic) bond motifs is 1. The fourth-order valence-corrected chi connectivity index (χ4v) is 4.46. The zero-order valence-electron chi connectivity index (χ0n) is 13.8. The predicted molar refractivity (Wildman–Crippen MR) is 97.4 cm³/mol. The van der Waals surface area contributed by atoms with Crippen molar-refractivity contribution < 1.29 is 17.9 Å². The summed E-state index contributed by atoms with van der Waals surface area (Å²) in [4.78, 5) is 11.6. The summed E-state index contributed by atoms with van der Waals surface area (Å²) in [6.45, 7) is 0. The molecule has 0 atom stereocenters. The maximum absolute atomic E-state index is 12.7. The molecule has 0 unspecified atom stereocenters. The molecule has 0 aliphatic heterocycles. The van der Waals surface area contributed by atoms with Crippen LogP contribution in [0, 0.1) is 0 Å². The number of rotatable bonds is 5. The largest absolute Gasteiger partial charge is 0.497 e. The van der Waals surface area contributed by atoms with E-state index in [9.17, 15) is 13.2 Å². The van der Waals surface area contributed by atoms with E-state index >= 15 is 0 Å². The van der Waals surface area contributed by atoms with Gasteiger partial charge in [-0.2, -0.15) is 0 Å². The molecule has 2 aromatic carbocycles. The van der Waals surface area contributed by atoms with Gasteiger partial charge in [-0.15, -0.1) is 0 Å². The number of ether oxygens (including phenoxy) is 2. The lowest BCUT2D eigenvalue weighted by Gasteiger charge is -2.13. The molecule has 1 aromatic heterocycles. The van der Waals surface area contributed by atoms with Gasteiger partial charge in [0.15, 0.2) is 0 Å². The minimum Gasteiger partial charge on any atom is -0.497 e. The van der Waals surface area contributed by atoms with Gasteiger partial charge in [0.05, 0.1) is 35.0 Å². The first kappa shape index (κ1) is 17.3. The lowest BCUT2D eigenvalue weighted by Crippen LogP contribution is -2.13. The summed E-state index contributed by atoms with van der Waals surface area (Å²) in [5, 5.41) is 0. The minimum atomic E-state index is -3.84. The number of sulfonamides is 1. The summed E-state index contributed by atoms with van der Waals surface area (Å²) in [6, 6.07) is 9.35. The molecular weight excluding hydrogens is 364 g/mol. The standard InChI is InChI=1S/C16H16N2O5S2/c1-18-13-7-5-11(9-15(13)24-16(18)19)25(20,21)17-12-6-4-10(22-2)8-14(12)23-3/h4-9,17H,1-3H3. The number of aryl methyl sites for hydroxylation is 1. The second-order valence-corrected chi connectivity index (χ2v) is 7.90. The Morgan fingerprint density at radius 1 is 1.08 bits per heavy atom. The molecule has 132 valence electrons. The van der Waals surface area contributed by atoms with Crippen molar-refractivity contribution in [2.45, 2.75) is 4.90 Å². The maximum Gasteiger partial charge on any atom is 0.307 e. The average Bonchev–Trinajstić information content (AvgIpc) is 2.89. The van der Waals surface area contributed by atoms with Crippen LogP contribution in [0.2, 0.25) is 0 Å². The fourth-order valence-electron chi connectivity index (χ4n) is 2.37. The van der Waals surface area contributed by atoms with Crippen molar-refractivity contribution in [3.63, 3.8) is 0 Å². The zero-order chi connectivity index (χ0) is 18.2. The molecule has 1 heterocycles. The molecule has 25 heavy (non-hydrogen) atoms. The number of nitrogens with zero attached hydrogens (tertiary/aromatic N) is 1. The minimum absolute atomic E-state index is 0.0692. The fraction of sp³-hybridized carbons (Fsp3) is 0.188. The van der Waals surface area contributed by atoms with Crippen LogP contribution in [0.15, 0.2) is 46.1 Å². The van der Waals surface area contributed by atoms with Gasteiger partial charge in [0, 0.05) is 13.1 Å². The lowest BCUT2D eigenvalue weighted by atomic mass is 10.3. The summed E-state index contributed by atoms with van der Waals surface area (Å²) in [7, 11) is 0.770. The first-order valence-corrected chi connectivity index (χ1v) is 9.50. The van der Waals surface area contributed by atoms with E-state index in [-0.39, 0.29) is 9.77 Å². The number of methoxy groups -OCH3 is 2. The number of hydrogen-bond acceptors (Lipinski definition) is 6. The van der Waals surface area contributed by atoms with E-state index in [0.29, 0.717) is 27.4 Å². The molecule has 0 saturated heterocycles. The number of anilines is 1. The van der Waals surface area contributed by atoms with Crippen molar-refractivity contribution in [2.75, 3.05) is 18.9 Å². The molecule has 0 fully saturated rings. The highest BCUT2D eigenvalue weighted by atomic mass is 32.2. The van der Waals surface area contributed by atoms with E-state index < -0.39 is 10.0 Å². The van der Waals surface area contributed by atoms with E-state index in [2.05, 4.69) is 4.72 Å². The van der Waals surface area contributed by atoms with Crippen LogP contribution in [0.4, 0.5) is 5.69 Å². The van der Waals surface area contributed by atoms with Gasteiger partial charge < -0.3 is 14.0 Å². The van der Waals surface area contributed by atoms with Gasteiger partial charge in [0.25, 0.3) is 10.0 Å². The molecule has 0 aliphatic carbocycles. The topological polar surface area (TPSA) is 86.6 Å². The van der Waals surface area contributed by atoms with E-state index in [1.54, 1.807) is 31.3 Å². The van der Waals surface area contributed by atoms with Crippen LogP contribution in [-0.4, -0.2) is 27.2 Å². The Balaban J connectivity index is 2.01. The number of hydrogen-bond donors (Lipinski definition) is 1. The first-order chi connectivity index (χ1) is 11.9. The van der Waals surface area contributed by atoms with Crippen molar-refractivity contribution in [3.05, 3.63) is 46.1 Å². The lowest BCUT2D eigenvalue weighted by molar-refractivity contribution is 0.395. The van der Waals surface area contributed by atoms with Crippen LogP contribution in [0.25, 0.3) is 10.2 Å². The molecule has 0 aliphatic rings. The number of aromatic nitrogens is 1. The SMILES string of the molecule is COc1ccc(NS(=O)(=O)c2ccc3c(c2)sc(=O)n3C)c(OC)c1. The maximum atomic E-state index is 12.7. The Hall–Kier alpha value is -2.52. The second kappa shape index (κ2) is 6.41. The van der Waals surface area contributed by atoms with Crippen molar-refractivity contribution in [2.24, 2.45) is 7.05 Å². The van der Waals surface area contributed by atoms with Gasteiger partial charge in [-0.05, 0) is 30.3 Å². The molecular formula is C16H16N2O5S2. The monoisotopic (exact) mass is 380 g/mol. The molecule has 0 spiro atoms. The van der Waals surface area contributed by atoms with Gasteiger partial charge in [-0.25, -0.2) is 8.42 Å². The van der Waals surface area contributed by atoms with Crippen molar-refractivity contribution in [1.29, 1.82) is 0 Å². The Morgan fingerprint density at radius 2 is 1.84 bits per heavy atom. The number of thiazole rings is 1. The Kier molecular flexibility index (Phi) is 4.44. The summed E-state index contributed by atoms with van der Waals surface area (Å²) in [5.74, 6) is 0.892. The zero-order valence-corrected chi connectivity index (χ0v) is 15.4. The van der Waals surface area contributed by atoms with Gasteiger partial charge in [-0.3, -0.25) is 9.52 Å². The highest BCUT2D eigenvalue weighted by Crippen LogP contribution is 2.31. The second-order valence-electron chi connectivity index (χ2n) is 5.23. The molecule has 0 bridgehead atoms. The van der Waals surface area contributed by atoms with Crippen molar-refractivity contribution in [3.8, 4) is 11.5 Å². The summed E-state index contributed by atoms with van der Waals surface area (Å²) in [5.41, 5.74) is 0.987. The highest BCUT2D eigenvalue weighted by molar-refractivity contribution is 7.92. The molecule has 0 saturated carbocycles. The van der Waals surface area contributed by atoms with Gasteiger partial charge in [0.1, 0.15) is 11.5 Å². The van der Waals surface area contributed by atoms with E-state index in [4.69, 9.17) is 9.47 Å². The molecule has 3 rings (SSSR count). The third kappa shape index (κ3) is 3.20. The van der Waals surface area contributed by atoms with E-state index in [0.717, 1.165) is 11.3 Å². The third-order valence-corrected chi connectivity index (χ3v) is 6.09. The Bertz CT molecular complexity index is 1100. The predicted octanol–water partition coefficient (Wildman–Crippen LogP) is 2.42. The van der Waals surface area contributed by atoms with Crippen molar-refractivity contribution >= 4 is 37.3 Å². The molecule has 1 N–H and O–H groups in total. The van der Waals surface area contributed by atoms with Crippen LogP contribution in [-0.2, 0) is 17.1 Å². The normalized spacial score (nSPS) is 11.5. The average molecular weight is 380 g/mol. The van der Waals surface area contributed by atoms with E-state index in [1.807, 2.05) is 0 Å². The van der Waals surface area contributed by atoms with Crippen LogP contribution in [0.1, 0.15) is 0 Å². The van der Waals surface area contributed by atoms with Crippen LogP contribution < -0.4 is 19.1 Å². The molecule has 0 radical (unpaired) electrons. The highest BCUT2D eigenvalue weighted by Gasteiger charge is 2.18.